The molecule has 0 bridgehead atoms. The predicted molar refractivity (Wildman–Crippen MR) is 103 cm³/mol. The van der Waals surface area contributed by atoms with Gasteiger partial charge < -0.3 is 9.73 Å². The lowest BCUT2D eigenvalue weighted by atomic mass is 10.2. The number of hydrogen-bond donors (Lipinski definition) is 1. The minimum absolute atomic E-state index is 0.151. The second-order valence-corrected chi connectivity index (χ2v) is 6.84. The molecule has 2 aromatic heterocycles. The average Bonchev–Trinajstić information content (AvgIpc) is 2.99. The molecule has 4 aromatic rings. The summed E-state index contributed by atoms with van der Waals surface area (Å²) in [6, 6.07) is 12.9. The van der Waals surface area contributed by atoms with Gasteiger partial charge in [0.1, 0.15) is 17.6 Å². The minimum Gasteiger partial charge on any atom is -0.448 e. The molecular weight excluding hydrogens is 398 g/mol. The quantitative estimate of drug-likeness (QED) is 0.555. The molecule has 6 nitrogen and oxygen atoms in total. The molecule has 7 heteroatoms. The summed E-state index contributed by atoms with van der Waals surface area (Å²) in [5, 5.41) is 3.56. The first-order valence-corrected chi connectivity index (χ1v) is 8.75. The molecule has 0 aliphatic heterocycles. The average molecular weight is 412 g/mol. The first kappa shape index (κ1) is 16.5. The number of aromatic nitrogens is 2. The summed E-state index contributed by atoms with van der Waals surface area (Å²) in [5.74, 6) is -0.325. The van der Waals surface area contributed by atoms with E-state index in [4.69, 9.17) is 4.42 Å². The molecule has 0 atom stereocenters. The lowest BCUT2D eigenvalue weighted by Crippen LogP contribution is -2.27. The number of carbonyl (C=O) groups excluding carboxylic acids is 1. The number of fused-ring (bicyclic) bond motifs is 3. The Hall–Kier alpha value is -2.93. The van der Waals surface area contributed by atoms with Crippen LogP contribution in [0.25, 0.3) is 22.1 Å². The van der Waals surface area contributed by atoms with Crippen molar-refractivity contribution in [3.63, 3.8) is 0 Å². The number of para-hydroxylation sites is 1. The van der Waals surface area contributed by atoms with E-state index < -0.39 is 0 Å². The van der Waals surface area contributed by atoms with Crippen LogP contribution in [0.4, 0.5) is 5.69 Å². The molecule has 0 unspecified atom stereocenters. The number of halogens is 1. The third-order valence-corrected chi connectivity index (χ3v) is 4.72. The van der Waals surface area contributed by atoms with Crippen LogP contribution in [0.5, 0.6) is 0 Å². The molecule has 2 heterocycles. The fourth-order valence-electron chi connectivity index (χ4n) is 2.79. The molecule has 0 radical (unpaired) electrons. The molecule has 1 N–H and O–H groups in total. The van der Waals surface area contributed by atoms with Gasteiger partial charge in [0, 0.05) is 9.86 Å². The van der Waals surface area contributed by atoms with Crippen molar-refractivity contribution < 1.29 is 9.21 Å². The lowest BCUT2D eigenvalue weighted by Gasteiger charge is -2.09. The molecule has 2 aromatic carbocycles. The van der Waals surface area contributed by atoms with Gasteiger partial charge in [-0.05, 0) is 52.7 Å². The Morgan fingerprint density at radius 1 is 1.27 bits per heavy atom. The van der Waals surface area contributed by atoms with Gasteiger partial charge in [-0.1, -0.05) is 18.2 Å². The van der Waals surface area contributed by atoms with E-state index in [-0.39, 0.29) is 23.6 Å². The van der Waals surface area contributed by atoms with E-state index in [1.54, 1.807) is 12.1 Å². The topological polar surface area (TPSA) is 77.1 Å². The summed E-state index contributed by atoms with van der Waals surface area (Å²) in [6.45, 7) is 1.81. The number of aryl methyl sites for hydroxylation is 1. The molecule has 0 saturated carbocycles. The van der Waals surface area contributed by atoms with Crippen LogP contribution in [0, 0.1) is 6.92 Å². The van der Waals surface area contributed by atoms with Gasteiger partial charge in [0.2, 0.25) is 11.5 Å². The molecule has 1 amide bonds. The highest BCUT2D eigenvalue weighted by atomic mass is 79.9. The van der Waals surface area contributed by atoms with Gasteiger partial charge in [0.25, 0.3) is 5.56 Å². The summed E-state index contributed by atoms with van der Waals surface area (Å²) in [5.41, 5.74) is 2.58. The molecule has 0 saturated heterocycles. The number of carbonyl (C=O) groups is 1. The van der Waals surface area contributed by atoms with Crippen molar-refractivity contribution in [2.45, 2.75) is 13.5 Å². The first-order valence-electron chi connectivity index (χ1n) is 7.95. The molecule has 0 fully saturated rings. The van der Waals surface area contributed by atoms with Crippen LogP contribution in [0.2, 0.25) is 0 Å². The van der Waals surface area contributed by atoms with Crippen LogP contribution in [-0.2, 0) is 11.3 Å². The van der Waals surface area contributed by atoms with E-state index in [1.165, 1.54) is 10.9 Å². The summed E-state index contributed by atoms with van der Waals surface area (Å²) in [4.78, 5) is 29.3. The van der Waals surface area contributed by atoms with Crippen molar-refractivity contribution in [3.8, 4) is 0 Å². The number of benzene rings is 2. The Kier molecular flexibility index (Phi) is 4.08. The van der Waals surface area contributed by atoms with E-state index in [1.807, 2.05) is 37.3 Å². The highest BCUT2D eigenvalue weighted by Crippen LogP contribution is 2.25. The third kappa shape index (κ3) is 2.90. The van der Waals surface area contributed by atoms with E-state index in [0.29, 0.717) is 16.8 Å². The third-order valence-electron chi connectivity index (χ3n) is 4.06. The zero-order valence-corrected chi connectivity index (χ0v) is 15.4. The van der Waals surface area contributed by atoms with Crippen LogP contribution in [-0.4, -0.2) is 15.5 Å². The second kappa shape index (κ2) is 6.42. The molecular formula is C19H14BrN3O3. The Morgan fingerprint density at radius 2 is 2.08 bits per heavy atom. The number of anilines is 1. The van der Waals surface area contributed by atoms with Crippen molar-refractivity contribution in [1.82, 2.24) is 9.55 Å². The molecule has 0 aliphatic carbocycles. The lowest BCUT2D eigenvalue weighted by molar-refractivity contribution is -0.116. The van der Waals surface area contributed by atoms with Crippen LogP contribution in [0.3, 0.4) is 0 Å². The molecule has 0 aliphatic rings. The maximum absolute atomic E-state index is 12.6. The normalized spacial score (nSPS) is 11.2. The number of amides is 1. The van der Waals surface area contributed by atoms with Gasteiger partial charge in [-0.15, -0.1) is 0 Å². The first-order chi connectivity index (χ1) is 12.5. The van der Waals surface area contributed by atoms with Crippen molar-refractivity contribution in [1.29, 1.82) is 0 Å². The Bertz CT molecular complexity index is 1210. The minimum atomic E-state index is -0.385. The molecule has 0 spiro atoms. The van der Waals surface area contributed by atoms with E-state index >= 15 is 0 Å². The van der Waals surface area contributed by atoms with Crippen molar-refractivity contribution in [2.75, 3.05) is 5.32 Å². The monoisotopic (exact) mass is 411 g/mol. The van der Waals surface area contributed by atoms with Crippen LogP contribution >= 0.6 is 15.9 Å². The number of nitrogens with one attached hydrogen (secondary N) is 1. The van der Waals surface area contributed by atoms with Crippen molar-refractivity contribution >= 4 is 49.6 Å². The van der Waals surface area contributed by atoms with Gasteiger partial charge in [0.15, 0.2) is 0 Å². The highest BCUT2D eigenvalue weighted by molar-refractivity contribution is 9.10. The van der Waals surface area contributed by atoms with Crippen LogP contribution < -0.4 is 10.9 Å². The number of furan rings is 1. The second-order valence-electron chi connectivity index (χ2n) is 5.99. The zero-order valence-electron chi connectivity index (χ0n) is 13.8. The summed E-state index contributed by atoms with van der Waals surface area (Å²) in [6.07, 6.45) is 1.37. The summed E-state index contributed by atoms with van der Waals surface area (Å²) < 4.78 is 7.64. The van der Waals surface area contributed by atoms with E-state index in [2.05, 4.69) is 26.2 Å². The smallest absolute Gasteiger partial charge is 0.297 e. The molecule has 130 valence electrons. The fraction of sp³-hybridized carbons (Fsp3) is 0.105. The van der Waals surface area contributed by atoms with Gasteiger partial charge in [0.05, 0.1) is 12.0 Å². The summed E-state index contributed by atoms with van der Waals surface area (Å²) in [7, 11) is 0. The summed E-state index contributed by atoms with van der Waals surface area (Å²) >= 11 is 3.42. The van der Waals surface area contributed by atoms with Crippen molar-refractivity contribution in [2.24, 2.45) is 0 Å². The predicted octanol–water partition coefficient (Wildman–Crippen LogP) is 3.85. The maximum Gasteiger partial charge on any atom is 0.297 e. The van der Waals surface area contributed by atoms with E-state index in [0.717, 1.165) is 15.4 Å². The standard InChI is InChI=1S/C19H14BrN3O3/c1-11-6-7-14(13(20)8-11)22-16(24)9-23-10-21-17-12-4-2-3-5-15(12)26-18(17)19(23)25/h2-8,10H,9H2,1H3,(H,22,24). The Labute approximate surface area is 156 Å². The van der Waals surface area contributed by atoms with Gasteiger partial charge in [-0.25, -0.2) is 4.98 Å². The number of rotatable bonds is 3. The van der Waals surface area contributed by atoms with Crippen LogP contribution in [0.1, 0.15) is 5.56 Å². The van der Waals surface area contributed by atoms with Crippen molar-refractivity contribution in [3.05, 3.63) is 69.2 Å². The van der Waals surface area contributed by atoms with E-state index in [9.17, 15) is 9.59 Å². The van der Waals surface area contributed by atoms with Gasteiger partial charge >= 0.3 is 0 Å². The van der Waals surface area contributed by atoms with Crippen LogP contribution in [0.15, 0.2) is 62.5 Å². The number of nitrogens with zero attached hydrogens (tertiary/aromatic N) is 2. The Morgan fingerprint density at radius 3 is 2.88 bits per heavy atom. The zero-order chi connectivity index (χ0) is 18.3. The largest absolute Gasteiger partial charge is 0.448 e. The van der Waals surface area contributed by atoms with Gasteiger partial charge in [-0.3, -0.25) is 14.2 Å². The highest BCUT2D eigenvalue weighted by Gasteiger charge is 2.15. The van der Waals surface area contributed by atoms with Gasteiger partial charge in [-0.2, -0.15) is 0 Å². The number of hydrogen-bond acceptors (Lipinski definition) is 4. The Balaban J connectivity index is 1.64. The maximum atomic E-state index is 12.6. The molecule has 4 rings (SSSR count). The molecule has 26 heavy (non-hydrogen) atoms. The fourth-order valence-corrected chi connectivity index (χ4v) is 3.39. The SMILES string of the molecule is Cc1ccc(NC(=O)Cn2cnc3c(oc4ccccc43)c2=O)c(Br)c1.